The summed E-state index contributed by atoms with van der Waals surface area (Å²) in [7, 11) is 1.78. The molecule has 2 atom stereocenters. The number of benzene rings is 2. The Bertz CT molecular complexity index is 748. The van der Waals surface area contributed by atoms with E-state index in [4.69, 9.17) is 4.74 Å². The van der Waals surface area contributed by atoms with E-state index >= 15 is 0 Å². The Kier molecular flexibility index (Phi) is 2.59. The highest BCUT2D eigenvalue weighted by Gasteiger charge is 2.42. The minimum Gasteiger partial charge on any atom is -0.496 e. The van der Waals surface area contributed by atoms with Gasteiger partial charge in [0.1, 0.15) is 5.75 Å². The van der Waals surface area contributed by atoms with Crippen molar-refractivity contribution in [2.75, 3.05) is 12.4 Å². The highest BCUT2D eigenvalue weighted by Crippen LogP contribution is 2.55. The molecular weight excluding hydrogens is 258 g/mol. The lowest BCUT2D eigenvalue weighted by atomic mass is 9.88. The first kappa shape index (κ1) is 12.8. The molecule has 0 saturated carbocycles. The summed E-state index contributed by atoms with van der Waals surface area (Å²) < 4.78 is 5.68. The summed E-state index contributed by atoms with van der Waals surface area (Å²) in [6, 6.07) is 9.27. The summed E-state index contributed by atoms with van der Waals surface area (Å²) >= 11 is 0. The van der Waals surface area contributed by atoms with Crippen molar-refractivity contribution >= 4 is 5.69 Å². The summed E-state index contributed by atoms with van der Waals surface area (Å²) in [6.07, 6.45) is 1.13. The second-order valence-electron chi connectivity index (χ2n) is 6.33. The van der Waals surface area contributed by atoms with Crippen LogP contribution >= 0.6 is 0 Å². The molecule has 0 aromatic heterocycles. The van der Waals surface area contributed by atoms with Crippen molar-refractivity contribution in [2.24, 2.45) is 0 Å². The number of nitrogens with one attached hydrogen (secondary N) is 1. The molecule has 108 valence electrons. The lowest BCUT2D eigenvalue weighted by molar-refractivity contribution is 0.407. The summed E-state index contributed by atoms with van der Waals surface area (Å²) in [5.41, 5.74) is 9.67. The molecule has 0 radical (unpaired) electrons. The molecule has 0 amide bonds. The largest absolute Gasteiger partial charge is 0.496 e. The van der Waals surface area contributed by atoms with E-state index in [1.165, 1.54) is 39.1 Å². The Morgan fingerprint density at radius 1 is 1.05 bits per heavy atom. The highest BCUT2D eigenvalue weighted by atomic mass is 16.5. The molecule has 0 bridgehead atoms. The molecule has 4 rings (SSSR count). The van der Waals surface area contributed by atoms with Gasteiger partial charge >= 0.3 is 0 Å². The third-order valence-corrected chi connectivity index (χ3v) is 5.40. The van der Waals surface area contributed by atoms with Gasteiger partial charge in [-0.05, 0) is 60.6 Å². The molecule has 2 aromatic rings. The van der Waals surface area contributed by atoms with Crippen LogP contribution in [0.2, 0.25) is 0 Å². The number of rotatable bonds is 1. The fourth-order valence-electron chi connectivity index (χ4n) is 4.30. The molecule has 2 aliphatic rings. The van der Waals surface area contributed by atoms with Crippen LogP contribution in [0.15, 0.2) is 24.3 Å². The van der Waals surface area contributed by atoms with Gasteiger partial charge in [-0.25, -0.2) is 0 Å². The fraction of sp³-hybridized carbons (Fsp3) is 0.368. The van der Waals surface area contributed by atoms with E-state index in [1.54, 1.807) is 7.11 Å². The number of hydrogen-bond acceptors (Lipinski definition) is 2. The van der Waals surface area contributed by atoms with Gasteiger partial charge in [0.2, 0.25) is 0 Å². The number of methoxy groups -OCH3 is 1. The Balaban J connectivity index is 1.92. The van der Waals surface area contributed by atoms with Crippen molar-refractivity contribution in [1.82, 2.24) is 0 Å². The predicted molar refractivity (Wildman–Crippen MR) is 86.5 cm³/mol. The quantitative estimate of drug-likeness (QED) is 0.834. The van der Waals surface area contributed by atoms with Crippen molar-refractivity contribution in [1.29, 1.82) is 0 Å². The smallest absolute Gasteiger partial charge is 0.125 e. The average Bonchev–Trinajstić information content (AvgIpc) is 3.01. The highest BCUT2D eigenvalue weighted by molar-refractivity contribution is 5.74. The topological polar surface area (TPSA) is 21.3 Å². The van der Waals surface area contributed by atoms with Gasteiger partial charge in [-0.1, -0.05) is 24.3 Å². The van der Waals surface area contributed by atoms with Crippen molar-refractivity contribution in [3.8, 4) is 5.75 Å². The zero-order chi connectivity index (χ0) is 14.7. The number of fused-ring (bicyclic) bond motifs is 5. The van der Waals surface area contributed by atoms with Crippen molar-refractivity contribution in [3.63, 3.8) is 0 Å². The Morgan fingerprint density at radius 3 is 2.57 bits per heavy atom. The second-order valence-corrected chi connectivity index (χ2v) is 6.33. The van der Waals surface area contributed by atoms with Gasteiger partial charge < -0.3 is 10.1 Å². The van der Waals surface area contributed by atoms with Crippen LogP contribution in [0.1, 0.15) is 45.3 Å². The number of ether oxygens (including phenoxy) is 1. The summed E-state index contributed by atoms with van der Waals surface area (Å²) in [6.45, 7) is 6.57. The first-order valence-corrected chi connectivity index (χ1v) is 7.65. The first-order chi connectivity index (χ1) is 10.1. The van der Waals surface area contributed by atoms with Gasteiger partial charge in [-0.2, -0.15) is 0 Å². The Labute approximate surface area is 126 Å². The zero-order valence-electron chi connectivity index (χ0n) is 13.1. The Morgan fingerprint density at radius 2 is 1.81 bits per heavy atom. The summed E-state index contributed by atoms with van der Waals surface area (Å²) in [5, 5.41) is 3.80. The van der Waals surface area contributed by atoms with E-state index in [9.17, 15) is 0 Å². The van der Waals surface area contributed by atoms with Gasteiger partial charge in [0.05, 0.1) is 13.2 Å². The molecule has 21 heavy (non-hydrogen) atoms. The molecule has 1 aliphatic carbocycles. The van der Waals surface area contributed by atoms with E-state index in [0.717, 1.165) is 12.2 Å². The molecular formula is C19H21NO. The minimum atomic E-state index is 0.431. The maximum absolute atomic E-state index is 5.68. The van der Waals surface area contributed by atoms with Gasteiger partial charge in [-0.15, -0.1) is 0 Å². The minimum absolute atomic E-state index is 0.431. The fourth-order valence-corrected chi connectivity index (χ4v) is 4.30. The molecule has 0 fully saturated rings. The molecule has 0 spiro atoms. The summed E-state index contributed by atoms with van der Waals surface area (Å²) in [4.78, 5) is 0. The van der Waals surface area contributed by atoms with Crippen LogP contribution in [0, 0.1) is 20.8 Å². The molecule has 2 unspecified atom stereocenters. The third-order valence-electron chi connectivity index (χ3n) is 5.40. The Hall–Kier alpha value is -1.96. The van der Waals surface area contributed by atoms with Gasteiger partial charge in [0.25, 0.3) is 0 Å². The monoisotopic (exact) mass is 279 g/mol. The first-order valence-electron chi connectivity index (χ1n) is 7.65. The summed E-state index contributed by atoms with van der Waals surface area (Å²) in [5.74, 6) is 1.61. The van der Waals surface area contributed by atoms with Crippen LogP contribution in [0.5, 0.6) is 5.75 Å². The second kappa shape index (κ2) is 4.27. The lowest BCUT2D eigenvalue weighted by Gasteiger charge is -2.18. The standard InChI is InChI=1S/C19H21NO/c1-10-11(2)19(21-4)12(3)16-15-9-13-7-5-6-8-14(13)18(15)20-17(10)16/h5-8,15,18,20H,9H2,1-4H3. The zero-order valence-corrected chi connectivity index (χ0v) is 13.1. The molecule has 2 nitrogen and oxygen atoms in total. The van der Waals surface area contributed by atoms with Gasteiger partial charge in [0.15, 0.2) is 0 Å². The predicted octanol–water partition coefficient (Wildman–Crippen LogP) is 4.43. The van der Waals surface area contributed by atoms with Crippen LogP contribution < -0.4 is 10.1 Å². The van der Waals surface area contributed by atoms with Crippen molar-refractivity contribution in [3.05, 3.63) is 57.6 Å². The van der Waals surface area contributed by atoms with E-state index in [2.05, 4.69) is 50.4 Å². The van der Waals surface area contributed by atoms with Crippen LogP contribution in [0.4, 0.5) is 5.69 Å². The molecule has 1 heterocycles. The van der Waals surface area contributed by atoms with Crippen LogP contribution in [-0.4, -0.2) is 7.11 Å². The SMILES string of the molecule is COc1c(C)c(C)c2c(c1C)C1Cc3ccccc3C1N2. The van der Waals surface area contributed by atoms with E-state index in [-0.39, 0.29) is 0 Å². The van der Waals surface area contributed by atoms with Crippen molar-refractivity contribution in [2.45, 2.75) is 39.2 Å². The molecule has 2 aromatic carbocycles. The number of hydrogen-bond donors (Lipinski definition) is 1. The van der Waals surface area contributed by atoms with E-state index in [1.807, 2.05) is 0 Å². The average molecular weight is 279 g/mol. The third kappa shape index (κ3) is 1.53. The van der Waals surface area contributed by atoms with Crippen LogP contribution in [0.25, 0.3) is 0 Å². The maximum atomic E-state index is 5.68. The lowest BCUT2D eigenvalue weighted by Crippen LogP contribution is -2.05. The molecule has 2 heteroatoms. The van der Waals surface area contributed by atoms with Gasteiger partial charge in [0, 0.05) is 11.6 Å². The molecule has 0 saturated heterocycles. The van der Waals surface area contributed by atoms with E-state index in [0.29, 0.717) is 12.0 Å². The van der Waals surface area contributed by atoms with Crippen molar-refractivity contribution < 1.29 is 4.74 Å². The van der Waals surface area contributed by atoms with E-state index < -0.39 is 0 Å². The normalized spacial score (nSPS) is 21.5. The van der Waals surface area contributed by atoms with Gasteiger partial charge in [-0.3, -0.25) is 0 Å². The maximum Gasteiger partial charge on any atom is 0.125 e. The van der Waals surface area contributed by atoms with Crippen LogP contribution in [-0.2, 0) is 6.42 Å². The van der Waals surface area contributed by atoms with Crippen LogP contribution in [0.3, 0.4) is 0 Å². The number of anilines is 1. The molecule has 1 aliphatic heterocycles. The molecule has 1 N–H and O–H groups in total.